The molecule has 15 heavy (non-hydrogen) atoms. The molecule has 0 aromatic rings. The molecule has 90 valence electrons. The summed E-state index contributed by atoms with van der Waals surface area (Å²) in [5, 5.41) is 3.31. The average molecular weight is 216 g/mol. The Hall–Kier alpha value is -0.160. The fourth-order valence-corrected chi connectivity index (χ4v) is 1.97. The number of hydrogen-bond acceptors (Lipinski definition) is 4. The largest absolute Gasteiger partial charge is 0.352 e. The number of nitrogens with one attached hydrogen (secondary N) is 1. The molecule has 0 amide bonds. The van der Waals surface area contributed by atoms with E-state index in [0.29, 0.717) is 19.3 Å². The van der Waals surface area contributed by atoms with Gasteiger partial charge in [-0.3, -0.25) is 4.90 Å². The van der Waals surface area contributed by atoms with E-state index in [0.717, 1.165) is 19.6 Å². The Kier molecular flexibility index (Phi) is 6.17. The second kappa shape index (κ2) is 7.17. The Labute approximate surface area is 92.9 Å². The smallest absolute Gasteiger partial charge is 0.170 e. The fraction of sp³-hybridized carbons (Fsp3) is 1.00. The van der Waals surface area contributed by atoms with Gasteiger partial charge in [-0.2, -0.15) is 0 Å². The normalized spacial score (nSPS) is 22.8. The van der Waals surface area contributed by atoms with E-state index >= 15 is 0 Å². The molecule has 0 bridgehead atoms. The first-order chi connectivity index (χ1) is 7.30. The van der Waals surface area contributed by atoms with Crippen molar-refractivity contribution in [2.24, 2.45) is 0 Å². The minimum Gasteiger partial charge on any atom is -0.352 e. The maximum absolute atomic E-state index is 5.53. The molecule has 1 rings (SSSR count). The lowest BCUT2D eigenvalue weighted by atomic mass is 10.3. The molecular weight excluding hydrogens is 192 g/mol. The molecule has 1 unspecified atom stereocenters. The Morgan fingerprint density at radius 1 is 1.33 bits per heavy atom. The van der Waals surface area contributed by atoms with Crippen LogP contribution in [0.15, 0.2) is 0 Å². The SMILES string of the molecule is CCOC(CN1CCC(NC)C1)OCC. The van der Waals surface area contributed by atoms with Crippen molar-refractivity contribution < 1.29 is 9.47 Å². The Morgan fingerprint density at radius 3 is 2.47 bits per heavy atom. The number of hydrogen-bond donors (Lipinski definition) is 1. The van der Waals surface area contributed by atoms with E-state index in [1.807, 2.05) is 20.9 Å². The molecule has 1 atom stereocenters. The third-order valence-electron chi connectivity index (χ3n) is 2.79. The topological polar surface area (TPSA) is 33.7 Å². The molecule has 0 aromatic heterocycles. The molecule has 1 heterocycles. The lowest BCUT2D eigenvalue weighted by Gasteiger charge is -2.23. The van der Waals surface area contributed by atoms with Crippen LogP contribution in [0.5, 0.6) is 0 Å². The number of likely N-dealkylation sites (N-methyl/N-ethyl adjacent to an activating group) is 1. The Bertz CT molecular complexity index is 161. The van der Waals surface area contributed by atoms with Gasteiger partial charge in [-0.25, -0.2) is 0 Å². The Balaban J connectivity index is 2.25. The molecule has 1 saturated heterocycles. The minimum atomic E-state index is -0.0596. The second-order valence-corrected chi connectivity index (χ2v) is 3.87. The summed E-state index contributed by atoms with van der Waals surface area (Å²) in [5.74, 6) is 0. The van der Waals surface area contributed by atoms with Crippen LogP contribution >= 0.6 is 0 Å². The van der Waals surface area contributed by atoms with Crippen molar-refractivity contribution >= 4 is 0 Å². The zero-order valence-electron chi connectivity index (χ0n) is 10.2. The highest BCUT2D eigenvalue weighted by atomic mass is 16.7. The third-order valence-corrected chi connectivity index (χ3v) is 2.79. The molecular formula is C11H24N2O2. The molecule has 0 aliphatic carbocycles. The van der Waals surface area contributed by atoms with E-state index < -0.39 is 0 Å². The van der Waals surface area contributed by atoms with Crippen molar-refractivity contribution in [2.75, 3.05) is 39.9 Å². The van der Waals surface area contributed by atoms with Crippen molar-refractivity contribution in [1.82, 2.24) is 10.2 Å². The maximum atomic E-state index is 5.53. The summed E-state index contributed by atoms with van der Waals surface area (Å²) >= 11 is 0. The van der Waals surface area contributed by atoms with E-state index in [4.69, 9.17) is 9.47 Å². The van der Waals surface area contributed by atoms with E-state index in [9.17, 15) is 0 Å². The van der Waals surface area contributed by atoms with Gasteiger partial charge in [0.15, 0.2) is 6.29 Å². The summed E-state index contributed by atoms with van der Waals surface area (Å²) in [6.45, 7) is 8.58. The van der Waals surface area contributed by atoms with Gasteiger partial charge < -0.3 is 14.8 Å². The lowest BCUT2D eigenvalue weighted by molar-refractivity contribution is -0.145. The molecule has 0 spiro atoms. The summed E-state index contributed by atoms with van der Waals surface area (Å²) < 4.78 is 11.1. The van der Waals surface area contributed by atoms with Crippen LogP contribution in [0.2, 0.25) is 0 Å². The van der Waals surface area contributed by atoms with Crippen LogP contribution in [0, 0.1) is 0 Å². The van der Waals surface area contributed by atoms with Gasteiger partial charge in [0, 0.05) is 32.3 Å². The first-order valence-electron chi connectivity index (χ1n) is 5.93. The molecule has 1 aliphatic heterocycles. The van der Waals surface area contributed by atoms with Crippen molar-refractivity contribution in [3.8, 4) is 0 Å². The van der Waals surface area contributed by atoms with Gasteiger partial charge >= 0.3 is 0 Å². The fourth-order valence-electron chi connectivity index (χ4n) is 1.97. The molecule has 0 radical (unpaired) electrons. The standard InChI is InChI=1S/C11H24N2O2/c1-4-14-11(15-5-2)9-13-7-6-10(8-13)12-3/h10-12H,4-9H2,1-3H3. The van der Waals surface area contributed by atoms with Crippen LogP contribution in [0.25, 0.3) is 0 Å². The minimum absolute atomic E-state index is 0.0596. The zero-order valence-corrected chi connectivity index (χ0v) is 10.2. The quantitative estimate of drug-likeness (QED) is 0.635. The molecule has 4 heteroatoms. The van der Waals surface area contributed by atoms with Crippen molar-refractivity contribution in [3.05, 3.63) is 0 Å². The third kappa shape index (κ3) is 4.47. The van der Waals surface area contributed by atoms with Gasteiger partial charge in [-0.1, -0.05) is 0 Å². The van der Waals surface area contributed by atoms with E-state index in [1.165, 1.54) is 6.42 Å². The number of likely N-dealkylation sites (tertiary alicyclic amines) is 1. The van der Waals surface area contributed by atoms with E-state index in [-0.39, 0.29) is 6.29 Å². The monoisotopic (exact) mass is 216 g/mol. The summed E-state index contributed by atoms with van der Waals surface area (Å²) in [6, 6.07) is 0.633. The van der Waals surface area contributed by atoms with Crippen LogP contribution < -0.4 is 5.32 Å². The van der Waals surface area contributed by atoms with Crippen molar-refractivity contribution in [3.63, 3.8) is 0 Å². The highest BCUT2D eigenvalue weighted by molar-refractivity contribution is 4.80. The maximum Gasteiger partial charge on any atom is 0.170 e. The molecule has 4 nitrogen and oxygen atoms in total. The first-order valence-corrected chi connectivity index (χ1v) is 5.93. The van der Waals surface area contributed by atoms with Crippen molar-refractivity contribution in [2.45, 2.75) is 32.6 Å². The number of nitrogens with zero attached hydrogens (tertiary/aromatic N) is 1. The second-order valence-electron chi connectivity index (χ2n) is 3.87. The van der Waals surface area contributed by atoms with Crippen LogP contribution in [0.1, 0.15) is 20.3 Å². The van der Waals surface area contributed by atoms with Crippen LogP contribution in [-0.4, -0.2) is 57.1 Å². The summed E-state index contributed by atoms with van der Waals surface area (Å²) in [7, 11) is 2.02. The summed E-state index contributed by atoms with van der Waals surface area (Å²) in [6.07, 6.45) is 1.16. The first kappa shape index (κ1) is 12.9. The molecule has 1 N–H and O–H groups in total. The molecule has 1 fully saturated rings. The highest BCUT2D eigenvalue weighted by Gasteiger charge is 2.23. The lowest BCUT2D eigenvalue weighted by Crippen LogP contribution is -2.36. The summed E-state index contributed by atoms with van der Waals surface area (Å²) in [5.41, 5.74) is 0. The predicted molar refractivity (Wildman–Crippen MR) is 60.9 cm³/mol. The van der Waals surface area contributed by atoms with Crippen LogP contribution in [0.4, 0.5) is 0 Å². The number of rotatable bonds is 7. The van der Waals surface area contributed by atoms with Crippen LogP contribution in [-0.2, 0) is 9.47 Å². The highest BCUT2D eigenvalue weighted by Crippen LogP contribution is 2.10. The molecule has 1 aliphatic rings. The van der Waals surface area contributed by atoms with Gasteiger partial charge in [0.2, 0.25) is 0 Å². The average Bonchev–Trinajstić information content (AvgIpc) is 2.66. The number of ether oxygens (including phenoxy) is 2. The Morgan fingerprint density at radius 2 is 2.00 bits per heavy atom. The molecule has 0 aromatic carbocycles. The van der Waals surface area contributed by atoms with Gasteiger partial charge in [0.25, 0.3) is 0 Å². The van der Waals surface area contributed by atoms with Gasteiger partial charge in [0.1, 0.15) is 0 Å². The van der Waals surface area contributed by atoms with Gasteiger partial charge in [0.05, 0.1) is 0 Å². The van der Waals surface area contributed by atoms with Gasteiger partial charge in [-0.15, -0.1) is 0 Å². The molecule has 0 saturated carbocycles. The van der Waals surface area contributed by atoms with E-state index in [2.05, 4.69) is 10.2 Å². The predicted octanol–water partition coefficient (Wildman–Crippen LogP) is 0.679. The van der Waals surface area contributed by atoms with Crippen molar-refractivity contribution in [1.29, 1.82) is 0 Å². The van der Waals surface area contributed by atoms with Gasteiger partial charge in [-0.05, 0) is 33.9 Å². The van der Waals surface area contributed by atoms with Crippen LogP contribution in [0.3, 0.4) is 0 Å². The summed E-state index contributed by atoms with van der Waals surface area (Å²) in [4.78, 5) is 2.40. The zero-order chi connectivity index (χ0) is 11.1. The van der Waals surface area contributed by atoms with E-state index in [1.54, 1.807) is 0 Å².